The van der Waals surface area contributed by atoms with E-state index in [0.29, 0.717) is 24.1 Å². The van der Waals surface area contributed by atoms with E-state index in [1.807, 2.05) is 10.8 Å². The molecule has 1 atom stereocenters. The zero-order valence-corrected chi connectivity index (χ0v) is 16.1. The number of likely N-dealkylation sites (tertiary alicyclic amines) is 1. The van der Waals surface area contributed by atoms with E-state index >= 15 is 0 Å². The number of hydrogen-bond acceptors (Lipinski definition) is 4. The predicted molar refractivity (Wildman–Crippen MR) is 109 cm³/mol. The Kier molecular flexibility index (Phi) is 5.43. The number of rotatable bonds is 6. The molecule has 4 rings (SSSR count). The molecule has 0 bridgehead atoms. The van der Waals surface area contributed by atoms with Crippen LogP contribution in [0.2, 0.25) is 0 Å². The lowest BCUT2D eigenvalue weighted by molar-refractivity contribution is -0.139. The number of aromatic nitrogens is 2. The monoisotopic (exact) mass is 405 g/mol. The Morgan fingerprint density at radius 1 is 1.07 bits per heavy atom. The van der Waals surface area contributed by atoms with Crippen LogP contribution in [0, 0.1) is 5.82 Å². The van der Waals surface area contributed by atoms with E-state index in [0.717, 1.165) is 0 Å². The molecule has 2 aromatic carbocycles. The largest absolute Gasteiger partial charge is 0.507 e. The van der Waals surface area contributed by atoms with E-state index in [2.05, 4.69) is 4.98 Å². The lowest BCUT2D eigenvalue weighted by atomic mass is 9.95. The quantitative estimate of drug-likeness (QED) is 0.387. The highest BCUT2D eigenvalue weighted by Gasteiger charge is 2.45. The number of hydrogen-bond donors (Lipinski definition) is 1. The van der Waals surface area contributed by atoms with Crippen molar-refractivity contribution in [2.45, 2.75) is 19.0 Å². The Bertz CT molecular complexity index is 1090. The first-order chi connectivity index (χ1) is 14.6. The zero-order valence-electron chi connectivity index (χ0n) is 16.1. The van der Waals surface area contributed by atoms with Crippen LogP contribution in [0.25, 0.3) is 5.76 Å². The van der Waals surface area contributed by atoms with E-state index in [-0.39, 0.29) is 17.9 Å². The Morgan fingerprint density at radius 2 is 1.87 bits per heavy atom. The van der Waals surface area contributed by atoms with Gasteiger partial charge < -0.3 is 14.6 Å². The average molecular weight is 405 g/mol. The third kappa shape index (κ3) is 3.74. The number of aliphatic hydroxyl groups excluding tert-OH is 1. The van der Waals surface area contributed by atoms with Crippen LogP contribution in [-0.4, -0.2) is 37.8 Å². The number of nitrogens with zero attached hydrogens (tertiary/aromatic N) is 3. The molecule has 1 aliphatic rings. The van der Waals surface area contributed by atoms with Gasteiger partial charge >= 0.3 is 0 Å². The van der Waals surface area contributed by atoms with E-state index in [4.69, 9.17) is 0 Å². The second-order valence-corrected chi connectivity index (χ2v) is 7.07. The first-order valence-electron chi connectivity index (χ1n) is 9.61. The van der Waals surface area contributed by atoms with Gasteiger partial charge in [0.25, 0.3) is 11.7 Å². The van der Waals surface area contributed by atoms with Crippen LogP contribution in [0.3, 0.4) is 0 Å². The summed E-state index contributed by atoms with van der Waals surface area (Å²) in [4.78, 5) is 31.1. The highest BCUT2D eigenvalue weighted by Crippen LogP contribution is 2.39. The van der Waals surface area contributed by atoms with Crippen LogP contribution in [-0.2, 0) is 16.1 Å². The standard InChI is InChI=1S/C23H20FN3O3/c24-18-9-4-8-17(14-18)20-19(21(28)16-6-2-1-3-7-16)22(29)23(30)27(20)12-5-11-26-13-10-25-15-26/h1-4,6-10,13-15,20,28H,5,11-12H2/b21-19+. The molecule has 3 aromatic rings. The zero-order chi connectivity index (χ0) is 21.1. The molecule has 0 saturated carbocycles. The predicted octanol–water partition coefficient (Wildman–Crippen LogP) is 3.53. The fraction of sp³-hybridized carbons (Fsp3) is 0.174. The van der Waals surface area contributed by atoms with Crippen molar-refractivity contribution in [3.05, 3.63) is 95.8 Å². The summed E-state index contributed by atoms with van der Waals surface area (Å²) in [5.41, 5.74) is 0.837. The number of ketones is 1. The van der Waals surface area contributed by atoms with Gasteiger partial charge in [-0.1, -0.05) is 42.5 Å². The van der Waals surface area contributed by atoms with Gasteiger partial charge in [0.05, 0.1) is 17.9 Å². The highest BCUT2D eigenvalue weighted by atomic mass is 19.1. The number of benzene rings is 2. The molecular weight excluding hydrogens is 385 g/mol. The maximum Gasteiger partial charge on any atom is 0.295 e. The second-order valence-electron chi connectivity index (χ2n) is 7.07. The molecule has 0 aliphatic carbocycles. The number of carbonyl (C=O) groups is 2. The number of aryl methyl sites for hydroxylation is 1. The molecule has 1 aliphatic heterocycles. The molecule has 7 heteroatoms. The van der Waals surface area contributed by atoms with Crippen LogP contribution in [0.15, 0.2) is 78.9 Å². The third-order valence-electron chi connectivity index (χ3n) is 5.13. The number of Topliss-reactive ketones (excluding diaryl/α,β-unsaturated/α-hetero) is 1. The minimum Gasteiger partial charge on any atom is -0.507 e. The van der Waals surface area contributed by atoms with Crippen molar-refractivity contribution in [2.24, 2.45) is 0 Å². The van der Waals surface area contributed by atoms with Crippen molar-refractivity contribution in [3.8, 4) is 0 Å². The summed E-state index contributed by atoms with van der Waals surface area (Å²) in [7, 11) is 0. The Hall–Kier alpha value is -3.74. The van der Waals surface area contributed by atoms with E-state index in [9.17, 15) is 19.1 Å². The Labute approximate surface area is 172 Å². The second kappa shape index (κ2) is 8.32. The van der Waals surface area contributed by atoms with Crippen molar-refractivity contribution in [1.82, 2.24) is 14.5 Å². The number of amides is 1. The van der Waals surface area contributed by atoms with Gasteiger partial charge in [-0.05, 0) is 24.1 Å². The topological polar surface area (TPSA) is 75.4 Å². The van der Waals surface area contributed by atoms with Crippen molar-refractivity contribution < 1.29 is 19.1 Å². The van der Waals surface area contributed by atoms with Crippen LogP contribution in [0.4, 0.5) is 4.39 Å². The molecule has 2 heterocycles. The van der Waals surface area contributed by atoms with Gasteiger partial charge in [-0.25, -0.2) is 9.37 Å². The summed E-state index contributed by atoms with van der Waals surface area (Å²) in [5.74, 6) is -2.21. The third-order valence-corrected chi connectivity index (χ3v) is 5.13. The molecule has 6 nitrogen and oxygen atoms in total. The molecule has 1 N–H and O–H groups in total. The van der Waals surface area contributed by atoms with Gasteiger partial charge in [0.15, 0.2) is 0 Å². The van der Waals surface area contributed by atoms with Crippen molar-refractivity contribution in [3.63, 3.8) is 0 Å². The maximum atomic E-state index is 14.0. The van der Waals surface area contributed by atoms with Gasteiger partial charge in [0.1, 0.15) is 11.6 Å². The van der Waals surface area contributed by atoms with E-state index in [1.54, 1.807) is 48.9 Å². The summed E-state index contributed by atoms with van der Waals surface area (Å²) in [5, 5.41) is 10.9. The SMILES string of the molecule is O=C1C(=O)N(CCCn2ccnc2)C(c2cccc(F)c2)/C1=C(\O)c1ccccc1. The molecule has 1 fully saturated rings. The highest BCUT2D eigenvalue weighted by molar-refractivity contribution is 6.46. The summed E-state index contributed by atoms with van der Waals surface area (Å²) < 4.78 is 15.8. The Balaban J connectivity index is 1.73. The lowest BCUT2D eigenvalue weighted by Crippen LogP contribution is -2.31. The fourth-order valence-electron chi connectivity index (χ4n) is 3.73. The molecule has 30 heavy (non-hydrogen) atoms. The molecule has 1 amide bonds. The van der Waals surface area contributed by atoms with E-state index in [1.165, 1.54) is 23.1 Å². The summed E-state index contributed by atoms with van der Waals surface area (Å²) in [6.45, 7) is 0.882. The van der Waals surface area contributed by atoms with Crippen molar-refractivity contribution in [1.29, 1.82) is 0 Å². The first-order valence-corrected chi connectivity index (χ1v) is 9.61. The van der Waals surface area contributed by atoms with Gasteiger partial charge in [-0.3, -0.25) is 9.59 Å². The summed E-state index contributed by atoms with van der Waals surface area (Å²) in [6.07, 6.45) is 5.72. The van der Waals surface area contributed by atoms with Crippen LogP contribution in [0.1, 0.15) is 23.6 Å². The summed E-state index contributed by atoms with van der Waals surface area (Å²) >= 11 is 0. The first kappa shape index (κ1) is 19.6. The molecule has 1 saturated heterocycles. The number of halogens is 1. The number of aliphatic hydroxyl groups is 1. The van der Waals surface area contributed by atoms with Gasteiger partial charge in [-0.15, -0.1) is 0 Å². The minimum atomic E-state index is -0.858. The molecule has 1 aromatic heterocycles. The van der Waals surface area contributed by atoms with Crippen LogP contribution >= 0.6 is 0 Å². The molecule has 152 valence electrons. The molecular formula is C23H20FN3O3. The van der Waals surface area contributed by atoms with Crippen LogP contribution in [0.5, 0.6) is 0 Å². The van der Waals surface area contributed by atoms with E-state index < -0.39 is 23.5 Å². The molecule has 1 unspecified atom stereocenters. The van der Waals surface area contributed by atoms with Crippen molar-refractivity contribution >= 4 is 17.4 Å². The molecule has 0 radical (unpaired) electrons. The van der Waals surface area contributed by atoms with Crippen molar-refractivity contribution in [2.75, 3.05) is 6.54 Å². The minimum absolute atomic E-state index is 0.0283. The van der Waals surface area contributed by atoms with Gasteiger partial charge in [0.2, 0.25) is 0 Å². The lowest BCUT2D eigenvalue weighted by Gasteiger charge is -2.25. The number of imidazole rings is 1. The van der Waals surface area contributed by atoms with Gasteiger partial charge in [0, 0.05) is 31.0 Å². The maximum absolute atomic E-state index is 14.0. The number of carbonyl (C=O) groups excluding carboxylic acids is 2. The smallest absolute Gasteiger partial charge is 0.295 e. The summed E-state index contributed by atoms with van der Waals surface area (Å²) in [6, 6.07) is 13.5. The van der Waals surface area contributed by atoms with Crippen LogP contribution < -0.4 is 0 Å². The fourth-order valence-corrected chi connectivity index (χ4v) is 3.73. The molecule has 0 spiro atoms. The Morgan fingerprint density at radius 3 is 2.57 bits per heavy atom. The van der Waals surface area contributed by atoms with Gasteiger partial charge in [-0.2, -0.15) is 0 Å². The normalized spacial score (nSPS) is 18.2. The average Bonchev–Trinajstić information content (AvgIpc) is 3.36.